The standard InChI is InChI=1S/C17H14ClNO4/c1-23-17-9-7-12(10-13(17)11-18)6-8-16(20)14-4-2-3-5-15(14)19(21)22/h2-10H,11H2,1H3/b8-6+. The molecule has 0 amide bonds. The molecule has 0 saturated carbocycles. The van der Waals surface area contributed by atoms with Gasteiger partial charge >= 0.3 is 0 Å². The van der Waals surface area contributed by atoms with Crippen molar-refractivity contribution in [3.63, 3.8) is 0 Å². The maximum atomic E-state index is 12.2. The van der Waals surface area contributed by atoms with E-state index in [1.165, 1.54) is 24.3 Å². The Balaban J connectivity index is 2.27. The second kappa shape index (κ2) is 7.56. The summed E-state index contributed by atoms with van der Waals surface area (Å²) < 4.78 is 5.18. The quantitative estimate of drug-likeness (QED) is 0.261. The predicted molar refractivity (Wildman–Crippen MR) is 89.0 cm³/mol. The van der Waals surface area contributed by atoms with Crippen LogP contribution in [0.4, 0.5) is 5.69 Å². The minimum atomic E-state index is -0.569. The highest BCUT2D eigenvalue weighted by Gasteiger charge is 2.16. The van der Waals surface area contributed by atoms with Gasteiger partial charge in [-0.2, -0.15) is 0 Å². The van der Waals surface area contributed by atoms with Gasteiger partial charge < -0.3 is 4.74 Å². The average Bonchev–Trinajstić information content (AvgIpc) is 2.59. The highest BCUT2D eigenvalue weighted by Crippen LogP contribution is 2.23. The van der Waals surface area contributed by atoms with Crippen molar-refractivity contribution in [1.29, 1.82) is 0 Å². The first-order valence-electron chi connectivity index (χ1n) is 6.75. The molecule has 23 heavy (non-hydrogen) atoms. The molecule has 0 N–H and O–H groups in total. The number of rotatable bonds is 6. The third-order valence-corrected chi connectivity index (χ3v) is 3.53. The van der Waals surface area contributed by atoms with Crippen molar-refractivity contribution in [2.75, 3.05) is 7.11 Å². The molecule has 0 spiro atoms. The number of nitro groups is 1. The molecule has 0 heterocycles. The van der Waals surface area contributed by atoms with E-state index in [2.05, 4.69) is 0 Å². The Morgan fingerprint density at radius 1 is 1.30 bits per heavy atom. The summed E-state index contributed by atoms with van der Waals surface area (Å²) in [6.45, 7) is 0. The van der Waals surface area contributed by atoms with E-state index in [1.54, 1.807) is 37.5 Å². The molecule has 2 aromatic rings. The van der Waals surface area contributed by atoms with Crippen molar-refractivity contribution in [3.05, 3.63) is 75.3 Å². The van der Waals surface area contributed by atoms with Gasteiger partial charge in [0.15, 0.2) is 5.78 Å². The molecule has 0 saturated heterocycles. The minimum absolute atomic E-state index is 0.0554. The van der Waals surface area contributed by atoms with Crippen LogP contribution in [0.1, 0.15) is 21.5 Å². The van der Waals surface area contributed by atoms with Crippen molar-refractivity contribution < 1.29 is 14.5 Å². The third kappa shape index (κ3) is 3.96. The zero-order chi connectivity index (χ0) is 16.8. The molecule has 0 atom stereocenters. The van der Waals surface area contributed by atoms with Gasteiger partial charge in [-0.1, -0.05) is 24.3 Å². The van der Waals surface area contributed by atoms with Crippen LogP contribution in [0.15, 0.2) is 48.5 Å². The SMILES string of the molecule is COc1ccc(/C=C/C(=O)c2ccccc2[N+](=O)[O-])cc1CCl. The number of nitrogens with zero attached hydrogens (tertiary/aromatic N) is 1. The summed E-state index contributed by atoms with van der Waals surface area (Å²) in [6, 6.07) is 11.2. The molecule has 6 heteroatoms. The fourth-order valence-corrected chi connectivity index (χ4v) is 2.32. The molecular weight excluding hydrogens is 318 g/mol. The van der Waals surface area contributed by atoms with Gasteiger partial charge in [0.05, 0.1) is 23.5 Å². The lowest BCUT2D eigenvalue weighted by molar-refractivity contribution is -0.385. The predicted octanol–water partition coefficient (Wildman–Crippen LogP) is 4.24. The number of hydrogen-bond acceptors (Lipinski definition) is 4. The first-order valence-corrected chi connectivity index (χ1v) is 7.29. The van der Waals surface area contributed by atoms with Crippen LogP contribution in [0.25, 0.3) is 6.08 Å². The highest BCUT2D eigenvalue weighted by atomic mass is 35.5. The Morgan fingerprint density at radius 3 is 2.70 bits per heavy atom. The van der Waals surface area contributed by atoms with E-state index in [4.69, 9.17) is 16.3 Å². The smallest absolute Gasteiger partial charge is 0.280 e. The molecule has 0 bridgehead atoms. The lowest BCUT2D eigenvalue weighted by Crippen LogP contribution is -2.00. The molecule has 0 aliphatic heterocycles. The number of benzene rings is 2. The van der Waals surface area contributed by atoms with Gasteiger partial charge in [0, 0.05) is 11.6 Å². The van der Waals surface area contributed by atoms with Gasteiger partial charge in [0.2, 0.25) is 0 Å². The molecule has 0 aromatic heterocycles. The Hall–Kier alpha value is -2.66. The summed E-state index contributed by atoms with van der Waals surface area (Å²) in [5.74, 6) is 0.519. The third-order valence-electron chi connectivity index (χ3n) is 3.24. The van der Waals surface area contributed by atoms with E-state index in [0.29, 0.717) is 5.75 Å². The van der Waals surface area contributed by atoms with Crippen LogP contribution in [-0.2, 0) is 5.88 Å². The zero-order valence-electron chi connectivity index (χ0n) is 12.4. The zero-order valence-corrected chi connectivity index (χ0v) is 13.1. The van der Waals surface area contributed by atoms with Gasteiger partial charge in [-0.3, -0.25) is 14.9 Å². The molecule has 2 rings (SSSR count). The number of hydrogen-bond donors (Lipinski definition) is 0. The molecular formula is C17H14ClNO4. The Labute approximate surface area is 138 Å². The van der Waals surface area contributed by atoms with Gasteiger partial charge in [-0.05, 0) is 29.8 Å². The van der Waals surface area contributed by atoms with Crippen molar-refractivity contribution in [3.8, 4) is 5.75 Å². The number of alkyl halides is 1. The lowest BCUT2D eigenvalue weighted by atomic mass is 10.1. The van der Waals surface area contributed by atoms with E-state index < -0.39 is 10.7 Å². The van der Waals surface area contributed by atoms with Crippen molar-refractivity contribution in [2.24, 2.45) is 0 Å². The molecule has 0 aliphatic rings. The fraction of sp³-hybridized carbons (Fsp3) is 0.118. The molecule has 5 nitrogen and oxygen atoms in total. The summed E-state index contributed by atoms with van der Waals surface area (Å²) in [7, 11) is 1.55. The van der Waals surface area contributed by atoms with E-state index in [-0.39, 0.29) is 17.1 Å². The number of allylic oxidation sites excluding steroid dienone is 1. The number of ketones is 1. The fourth-order valence-electron chi connectivity index (χ4n) is 2.11. The van der Waals surface area contributed by atoms with Crippen LogP contribution in [0, 0.1) is 10.1 Å². The number of carbonyl (C=O) groups excluding carboxylic acids is 1. The van der Waals surface area contributed by atoms with Gasteiger partial charge in [-0.15, -0.1) is 11.6 Å². The minimum Gasteiger partial charge on any atom is -0.496 e. The Morgan fingerprint density at radius 2 is 2.04 bits per heavy atom. The average molecular weight is 332 g/mol. The summed E-state index contributed by atoms with van der Waals surface area (Å²) in [5.41, 5.74) is 1.40. The van der Waals surface area contributed by atoms with Crippen molar-refractivity contribution in [1.82, 2.24) is 0 Å². The van der Waals surface area contributed by atoms with E-state index >= 15 is 0 Å². The van der Waals surface area contributed by atoms with Gasteiger partial charge in [0.1, 0.15) is 5.75 Å². The molecule has 2 aromatic carbocycles. The van der Waals surface area contributed by atoms with Gasteiger partial charge in [0.25, 0.3) is 5.69 Å². The number of para-hydroxylation sites is 1. The number of methoxy groups -OCH3 is 1. The summed E-state index contributed by atoms with van der Waals surface area (Å²) in [5, 5.41) is 11.0. The normalized spacial score (nSPS) is 10.7. The van der Waals surface area contributed by atoms with Crippen molar-refractivity contribution >= 4 is 29.1 Å². The Kier molecular flexibility index (Phi) is 5.49. The van der Waals surface area contributed by atoms with Crippen LogP contribution in [0.3, 0.4) is 0 Å². The lowest BCUT2D eigenvalue weighted by Gasteiger charge is -2.06. The molecule has 0 fully saturated rings. The molecule has 0 aliphatic carbocycles. The van der Waals surface area contributed by atoms with E-state index in [0.717, 1.165) is 11.1 Å². The number of nitro benzene ring substituents is 1. The number of halogens is 1. The molecule has 0 unspecified atom stereocenters. The first-order chi connectivity index (χ1) is 11.1. The second-order valence-corrected chi connectivity index (χ2v) is 4.94. The maximum absolute atomic E-state index is 12.2. The van der Waals surface area contributed by atoms with Crippen molar-refractivity contribution in [2.45, 2.75) is 5.88 Å². The monoisotopic (exact) mass is 331 g/mol. The van der Waals surface area contributed by atoms with Crippen LogP contribution < -0.4 is 4.74 Å². The largest absolute Gasteiger partial charge is 0.496 e. The Bertz CT molecular complexity index is 771. The summed E-state index contributed by atoms with van der Waals surface area (Å²) in [6.07, 6.45) is 2.90. The number of carbonyl (C=O) groups is 1. The first kappa shape index (κ1) is 16.7. The summed E-state index contributed by atoms with van der Waals surface area (Å²) in [4.78, 5) is 22.6. The van der Waals surface area contributed by atoms with Crippen LogP contribution in [-0.4, -0.2) is 17.8 Å². The molecule has 0 radical (unpaired) electrons. The highest BCUT2D eigenvalue weighted by molar-refractivity contribution is 6.17. The maximum Gasteiger partial charge on any atom is 0.280 e. The van der Waals surface area contributed by atoms with E-state index in [1.807, 2.05) is 0 Å². The van der Waals surface area contributed by atoms with Gasteiger partial charge in [-0.25, -0.2) is 0 Å². The van der Waals surface area contributed by atoms with Crippen LogP contribution in [0.5, 0.6) is 5.75 Å². The summed E-state index contributed by atoms with van der Waals surface area (Å²) >= 11 is 5.85. The second-order valence-electron chi connectivity index (χ2n) is 4.68. The molecule has 118 valence electrons. The van der Waals surface area contributed by atoms with E-state index in [9.17, 15) is 14.9 Å². The van der Waals surface area contributed by atoms with Crippen LogP contribution >= 0.6 is 11.6 Å². The number of ether oxygens (including phenoxy) is 1. The topological polar surface area (TPSA) is 69.4 Å². The van der Waals surface area contributed by atoms with Crippen LogP contribution in [0.2, 0.25) is 0 Å².